The van der Waals surface area contributed by atoms with Crippen LogP contribution >= 0.6 is 0 Å². The van der Waals surface area contributed by atoms with Crippen LogP contribution in [0.25, 0.3) is 11.0 Å². The van der Waals surface area contributed by atoms with Crippen molar-refractivity contribution < 1.29 is 1.37 Å². The van der Waals surface area contributed by atoms with Crippen LogP contribution in [0.15, 0.2) is 24.2 Å². The Morgan fingerprint density at radius 3 is 3.36 bits per heavy atom. The van der Waals surface area contributed by atoms with Gasteiger partial charge in [-0.1, -0.05) is 17.3 Å². The molecule has 0 fully saturated rings. The van der Waals surface area contributed by atoms with E-state index in [4.69, 9.17) is 1.37 Å². The lowest BCUT2D eigenvalue weighted by Gasteiger charge is -1.93. The van der Waals surface area contributed by atoms with Gasteiger partial charge in [-0.2, -0.15) is 0 Å². The lowest BCUT2D eigenvalue weighted by molar-refractivity contribution is 0.646. The molecule has 1 heterocycles. The molecule has 0 aliphatic heterocycles. The molecule has 0 unspecified atom stereocenters. The van der Waals surface area contributed by atoms with Gasteiger partial charge in [-0.05, 0) is 19.1 Å². The third-order valence-corrected chi connectivity index (χ3v) is 1.66. The van der Waals surface area contributed by atoms with Crippen molar-refractivity contribution in [1.29, 1.82) is 0 Å². The van der Waals surface area contributed by atoms with Crippen LogP contribution in [0, 0.1) is 0 Å². The van der Waals surface area contributed by atoms with Gasteiger partial charge in [-0.3, -0.25) is 0 Å². The minimum absolute atomic E-state index is 0.477. The topological polar surface area (TPSA) is 30.7 Å². The predicted molar refractivity (Wildman–Crippen MR) is 43.2 cm³/mol. The second-order valence-electron chi connectivity index (χ2n) is 2.32. The minimum atomic E-state index is 0.477. The Balaban J connectivity index is 2.73. The number of hydrogen-bond acceptors (Lipinski definition) is 2. The molecule has 0 N–H and O–H groups in total. The van der Waals surface area contributed by atoms with E-state index >= 15 is 0 Å². The van der Waals surface area contributed by atoms with E-state index in [0.29, 0.717) is 6.04 Å². The van der Waals surface area contributed by atoms with Crippen LogP contribution in [-0.2, 0) is 6.54 Å². The van der Waals surface area contributed by atoms with Gasteiger partial charge in [0.2, 0.25) is 0 Å². The van der Waals surface area contributed by atoms with Gasteiger partial charge in [0.15, 0.2) is 0 Å². The van der Waals surface area contributed by atoms with E-state index in [2.05, 4.69) is 10.3 Å². The summed E-state index contributed by atoms with van der Waals surface area (Å²) in [4.78, 5) is 0. The molecule has 2 rings (SSSR count). The molecule has 2 aromatic rings. The van der Waals surface area contributed by atoms with Gasteiger partial charge in [0, 0.05) is 6.54 Å². The summed E-state index contributed by atoms with van der Waals surface area (Å²) < 4.78 is 9.18. The summed E-state index contributed by atoms with van der Waals surface area (Å²) in [7, 11) is 0. The maximum absolute atomic E-state index is 7.37. The molecule has 3 heteroatoms. The van der Waals surface area contributed by atoms with Crippen molar-refractivity contribution >= 4 is 11.0 Å². The second-order valence-corrected chi connectivity index (χ2v) is 2.32. The predicted octanol–water partition coefficient (Wildman–Crippen LogP) is 1.45. The van der Waals surface area contributed by atoms with Crippen LogP contribution in [0.4, 0.5) is 0 Å². The summed E-state index contributed by atoms with van der Waals surface area (Å²) in [5.74, 6) is 0. The molecule has 0 saturated heterocycles. The fraction of sp³-hybridized carbons (Fsp3) is 0.250. The molecule has 0 spiro atoms. The molecule has 0 aliphatic carbocycles. The zero-order valence-electron chi connectivity index (χ0n) is 7.28. The first-order valence-electron chi connectivity index (χ1n) is 4.11. The molecular formula is C8H9N3. The van der Waals surface area contributed by atoms with Crippen molar-refractivity contribution in [2.75, 3.05) is 0 Å². The highest BCUT2D eigenvalue weighted by atomic mass is 15.4. The van der Waals surface area contributed by atoms with Crippen molar-refractivity contribution in [2.24, 2.45) is 0 Å². The van der Waals surface area contributed by atoms with Crippen LogP contribution < -0.4 is 0 Å². The van der Waals surface area contributed by atoms with Crippen LogP contribution in [0.3, 0.4) is 0 Å². The minimum Gasteiger partial charge on any atom is -0.245 e. The monoisotopic (exact) mass is 148 g/mol. The summed E-state index contributed by atoms with van der Waals surface area (Å²) in [6.45, 7) is 2.83. The summed E-state index contributed by atoms with van der Waals surface area (Å²) >= 11 is 0. The van der Waals surface area contributed by atoms with Crippen molar-refractivity contribution in [1.82, 2.24) is 15.0 Å². The highest BCUT2D eigenvalue weighted by Gasteiger charge is 1.98. The molecule has 0 atom stereocenters. The Labute approximate surface area is 66.0 Å². The first-order chi connectivity index (χ1) is 5.81. The number of rotatable bonds is 1. The molecule has 0 bridgehead atoms. The number of aryl methyl sites for hydroxylation is 1. The first-order valence-corrected chi connectivity index (χ1v) is 3.61. The van der Waals surface area contributed by atoms with Crippen molar-refractivity contribution in [3.63, 3.8) is 0 Å². The zero-order chi connectivity index (χ0) is 8.55. The lowest BCUT2D eigenvalue weighted by atomic mass is 10.3. The van der Waals surface area contributed by atoms with Gasteiger partial charge in [0.05, 0.1) is 6.89 Å². The average Bonchev–Trinajstić information content (AvgIpc) is 2.46. The van der Waals surface area contributed by atoms with Crippen molar-refractivity contribution in [3.8, 4) is 0 Å². The van der Waals surface area contributed by atoms with Crippen LogP contribution in [0.1, 0.15) is 8.29 Å². The smallest absolute Gasteiger partial charge is 0.113 e. The molecule has 0 saturated carbocycles. The second kappa shape index (κ2) is 2.34. The number of fused-ring (bicyclic) bond motifs is 1. The molecule has 0 radical (unpaired) electrons. The van der Waals surface area contributed by atoms with E-state index in [1.54, 1.807) is 12.1 Å². The molecule has 3 nitrogen and oxygen atoms in total. The number of hydrogen-bond donors (Lipinski definition) is 0. The van der Waals surface area contributed by atoms with Crippen molar-refractivity contribution in [2.45, 2.75) is 13.5 Å². The normalized spacial score (nSPS) is 11.9. The van der Waals surface area contributed by atoms with E-state index in [-0.39, 0.29) is 0 Å². The molecular weight excluding hydrogens is 138 g/mol. The van der Waals surface area contributed by atoms with E-state index in [9.17, 15) is 0 Å². The van der Waals surface area contributed by atoms with Crippen LogP contribution in [0.2, 0.25) is 0 Å². The van der Waals surface area contributed by atoms with Gasteiger partial charge in [-0.15, -0.1) is 5.10 Å². The Hall–Kier alpha value is -1.38. The Kier molecular flexibility index (Phi) is 1.13. The SMILES string of the molecule is [2H]c1ccc2c(c1)nnn2CC. The van der Waals surface area contributed by atoms with Crippen molar-refractivity contribution in [3.05, 3.63) is 24.2 Å². The summed E-state index contributed by atoms with van der Waals surface area (Å²) in [5, 5.41) is 7.88. The average molecular weight is 148 g/mol. The highest BCUT2D eigenvalue weighted by Crippen LogP contribution is 2.08. The van der Waals surface area contributed by atoms with Crippen LogP contribution in [-0.4, -0.2) is 15.0 Å². The van der Waals surface area contributed by atoms with Gasteiger partial charge in [0.25, 0.3) is 0 Å². The summed E-state index contributed by atoms with van der Waals surface area (Å²) in [6.07, 6.45) is 0. The molecule has 11 heavy (non-hydrogen) atoms. The highest BCUT2D eigenvalue weighted by molar-refractivity contribution is 5.73. The van der Waals surface area contributed by atoms with E-state index < -0.39 is 0 Å². The Morgan fingerprint density at radius 2 is 2.55 bits per heavy atom. The number of aromatic nitrogens is 3. The molecule has 1 aromatic carbocycles. The van der Waals surface area contributed by atoms with Crippen LogP contribution in [0.5, 0.6) is 0 Å². The third-order valence-electron chi connectivity index (χ3n) is 1.66. The largest absolute Gasteiger partial charge is 0.245 e. The van der Waals surface area contributed by atoms with Gasteiger partial charge in [0.1, 0.15) is 5.52 Å². The van der Waals surface area contributed by atoms with Gasteiger partial charge in [-0.25, -0.2) is 4.68 Å². The summed E-state index contributed by atoms with van der Waals surface area (Å²) in [6, 6.07) is 5.82. The van der Waals surface area contributed by atoms with E-state index in [1.165, 1.54) is 0 Å². The Morgan fingerprint density at radius 1 is 1.64 bits per heavy atom. The lowest BCUT2D eigenvalue weighted by Crippen LogP contribution is -1.95. The van der Waals surface area contributed by atoms with Gasteiger partial charge < -0.3 is 0 Å². The number of benzene rings is 1. The van der Waals surface area contributed by atoms with E-state index in [0.717, 1.165) is 17.6 Å². The fourth-order valence-electron chi connectivity index (χ4n) is 1.10. The molecule has 0 aliphatic rings. The summed E-state index contributed by atoms with van der Waals surface area (Å²) in [5.41, 5.74) is 1.79. The van der Waals surface area contributed by atoms with E-state index in [1.807, 2.05) is 17.7 Å². The number of para-hydroxylation sites is 1. The molecule has 56 valence electrons. The maximum atomic E-state index is 7.37. The quantitative estimate of drug-likeness (QED) is 0.612. The zero-order valence-corrected chi connectivity index (χ0v) is 6.28. The standard InChI is InChI=1S/C8H9N3/c1-2-11-8-6-4-3-5-7(8)9-10-11/h3-6H,2H2,1H3/i3D. The third kappa shape index (κ3) is 0.888. The van der Waals surface area contributed by atoms with Gasteiger partial charge >= 0.3 is 0 Å². The maximum Gasteiger partial charge on any atom is 0.113 e. The Bertz CT molecular complexity index is 408. The fourth-order valence-corrected chi connectivity index (χ4v) is 1.10. The molecule has 1 aromatic heterocycles. The first kappa shape index (κ1) is 5.29. The number of nitrogens with zero attached hydrogens (tertiary/aromatic N) is 3. The molecule has 0 amide bonds.